The molecule has 5 nitrogen and oxygen atoms in total. The number of halogens is 1. The SMILES string of the molecule is COc1ccc(Cn2cc([C@@H](CC(=O)NCc3ccco3)c3ccc(F)cc3)c3ccccc32)cc1. The third kappa shape index (κ3) is 5.18. The van der Waals surface area contributed by atoms with Crippen LogP contribution >= 0.6 is 0 Å². The van der Waals surface area contributed by atoms with E-state index in [-0.39, 0.29) is 24.1 Å². The Hall–Kier alpha value is -4.32. The fraction of sp³-hybridized carbons (Fsp3) is 0.167. The number of carbonyl (C=O) groups excluding carboxylic acids is 1. The predicted octanol–water partition coefficient (Wildman–Crippen LogP) is 6.27. The third-order valence-corrected chi connectivity index (χ3v) is 6.41. The maximum atomic E-state index is 13.7. The Morgan fingerprint density at radius 2 is 1.78 bits per heavy atom. The number of hydrogen-bond donors (Lipinski definition) is 1. The maximum Gasteiger partial charge on any atom is 0.221 e. The second-order valence-corrected chi connectivity index (χ2v) is 8.74. The summed E-state index contributed by atoms with van der Waals surface area (Å²) in [5.74, 6) is 0.852. The molecule has 0 fully saturated rings. The minimum absolute atomic E-state index is 0.104. The second kappa shape index (κ2) is 10.5. The molecule has 0 radical (unpaired) electrons. The number of benzene rings is 3. The van der Waals surface area contributed by atoms with Gasteiger partial charge in [-0.3, -0.25) is 4.79 Å². The molecule has 6 heteroatoms. The van der Waals surface area contributed by atoms with Gasteiger partial charge in [0.15, 0.2) is 0 Å². The molecule has 0 spiro atoms. The Balaban J connectivity index is 1.49. The molecule has 5 aromatic rings. The summed E-state index contributed by atoms with van der Waals surface area (Å²) in [7, 11) is 1.65. The van der Waals surface area contributed by atoms with E-state index < -0.39 is 0 Å². The Kier molecular flexibility index (Phi) is 6.85. The van der Waals surface area contributed by atoms with E-state index in [9.17, 15) is 9.18 Å². The standard InChI is InChI=1S/C30H27FN2O3/c1-35-24-14-8-21(9-15-24)19-33-20-28(26-6-2-3-7-29(26)33)27(22-10-12-23(31)13-11-22)17-30(34)32-18-25-5-4-16-36-25/h2-16,20,27H,17-19H2,1H3,(H,32,34)/t27-/m0/s1. The number of rotatable bonds is 9. The van der Waals surface area contributed by atoms with E-state index in [1.165, 1.54) is 12.1 Å². The van der Waals surface area contributed by atoms with Crippen molar-refractivity contribution in [1.29, 1.82) is 0 Å². The maximum absolute atomic E-state index is 13.7. The van der Waals surface area contributed by atoms with Crippen LogP contribution in [0.5, 0.6) is 5.75 Å². The molecule has 0 aliphatic rings. The van der Waals surface area contributed by atoms with Crippen LogP contribution in [0.3, 0.4) is 0 Å². The highest BCUT2D eigenvalue weighted by Gasteiger charge is 2.23. The quantitative estimate of drug-likeness (QED) is 0.269. The van der Waals surface area contributed by atoms with Gasteiger partial charge in [0.05, 0.1) is 19.9 Å². The van der Waals surface area contributed by atoms with Crippen LogP contribution in [-0.2, 0) is 17.9 Å². The van der Waals surface area contributed by atoms with Gasteiger partial charge in [-0.25, -0.2) is 4.39 Å². The molecule has 5 rings (SSSR count). The van der Waals surface area contributed by atoms with Crippen LogP contribution in [0.15, 0.2) is 102 Å². The van der Waals surface area contributed by atoms with E-state index in [1.54, 1.807) is 31.6 Å². The predicted molar refractivity (Wildman–Crippen MR) is 137 cm³/mol. The number of aromatic nitrogens is 1. The first kappa shape index (κ1) is 23.4. The van der Waals surface area contributed by atoms with Gasteiger partial charge in [0.25, 0.3) is 0 Å². The number of fused-ring (bicyclic) bond motifs is 1. The lowest BCUT2D eigenvalue weighted by molar-refractivity contribution is -0.121. The molecule has 2 heterocycles. The lowest BCUT2D eigenvalue weighted by Crippen LogP contribution is -2.24. The van der Waals surface area contributed by atoms with Crippen molar-refractivity contribution in [2.24, 2.45) is 0 Å². The number of para-hydroxylation sites is 1. The average molecular weight is 483 g/mol. The zero-order valence-electron chi connectivity index (χ0n) is 20.0. The fourth-order valence-electron chi connectivity index (χ4n) is 4.57. The van der Waals surface area contributed by atoms with Crippen LogP contribution in [0.4, 0.5) is 4.39 Å². The number of nitrogens with one attached hydrogen (secondary N) is 1. The van der Waals surface area contributed by atoms with Crippen molar-refractivity contribution in [3.63, 3.8) is 0 Å². The van der Waals surface area contributed by atoms with Crippen molar-refractivity contribution in [3.8, 4) is 5.75 Å². The first-order valence-electron chi connectivity index (χ1n) is 11.9. The summed E-state index contributed by atoms with van der Waals surface area (Å²) in [5.41, 5.74) is 4.12. The van der Waals surface area contributed by atoms with E-state index in [0.717, 1.165) is 33.3 Å². The van der Waals surface area contributed by atoms with Gasteiger partial charge in [-0.1, -0.05) is 42.5 Å². The van der Waals surface area contributed by atoms with E-state index >= 15 is 0 Å². The van der Waals surface area contributed by atoms with Gasteiger partial charge in [-0.2, -0.15) is 0 Å². The Labute approximate surface area is 209 Å². The molecule has 0 bridgehead atoms. The Bertz CT molecular complexity index is 1440. The smallest absolute Gasteiger partial charge is 0.221 e. The van der Waals surface area contributed by atoms with Crippen molar-refractivity contribution in [3.05, 3.63) is 126 Å². The van der Waals surface area contributed by atoms with E-state index in [4.69, 9.17) is 9.15 Å². The first-order valence-corrected chi connectivity index (χ1v) is 11.9. The van der Waals surface area contributed by atoms with E-state index in [1.807, 2.05) is 42.5 Å². The number of methoxy groups -OCH3 is 1. The molecule has 182 valence electrons. The largest absolute Gasteiger partial charge is 0.497 e. The van der Waals surface area contributed by atoms with Gasteiger partial charge in [0.2, 0.25) is 5.91 Å². The molecule has 0 unspecified atom stereocenters. The zero-order chi connectivity index (χ0) is 24.9. The molecule has 2 aromatic heterocycles. The van der Waals surface area contributed by atoms with Gasteiger partial charge < -0.3 is 19.0 Å². The number of hydrogen-bond acceptors (Lipinski definition) is 3. The van der Waals surface area contributed by atoms with Gasteiger partial charge >= 0.3 is 0 Å². The number of furan rings is 1. The highest BCUT2D eigenvalue weighted by Crippen LogP contribution is 2.35. The van der Waals surface area contributed by atoms with Crippen LogP contribution < -0.4 is 10.1 Å². The van der Waals surface area contributed by atoms with Crippen LogP contribution in [-0.4, -0.2) is 17.6 Å². The van der Waals surface area contributed by atoms with Crippen LogP contribution in [0, 0.1) is 5.82 Å². The minimum Gasteiger partial charge on any atom is -0.497 e. The topological polar surface area (TPSA) is 56.4 Å². The van der Waals surface area contributed by atoms with Crippen LogP contribution in [0.1, 0.15) is 34.8 Å². The number of amides is 1. The molecular weight excluding hydrogens is 455 g/mol. The van der Waals surface area contributed by atoms with E-state index in [2.05, 4.69) is 28.2 Å². The molecule has 1 N–H and O–H groups in total. The Morgan fingerprint density at radius 3 is 2.50 bits per heavy atom. The number of carbonyl (C=O) groups is 1. The molecule has 3 aromatic carbocycles. The zero-order valence-corrected chi connectivity index (χ0v) is 20.0. The van der Waals surface area contributed by atoms with Crippen LogP contribution in [0.2, 0.25) is 0 Å². The summed E-state index contributed by atoms with van der Waals surface area (Å²) >= 11 is 0. The number of nitrogens with zero attached hydrogens (tertiary/aromatic N) is 1. The molecule has 0 saturated carbocycles. The average Bonchev–Trinajstić information content (AvgIpc) is 3.56. The fourth-order valence-corrected chi connectivity index (χ4v) is 4.57. The van der Waals surface area contributed by atoms with E-state index in [0.29, 0.717) is 18.8 Å². The molecule has 0 aliphatic heterocycles. The highest BCUT2D eigenvalue weighted by molar-refractivity contribution is 5.86. The summed E-state index contributed by atoms with van der Waals surface area (Å²) in [6.07, 6.45) is 3.92. The molecule has 1 amide bonds. The molecular formula is C30H27FN2O3. The minimum atomic E-state index is -0.304. The highest BCUT2D eigenvalue weighted by atomic mass is 19.1. The molecule has 1 atom stereocenters. The lowest BCUT2D eigenvalue weighted by Gasteiger charge is -2.17. The summed E-state index contributed by atoms with van der Waals surface area (Å²) in [5, 5.41) is 4.02. The summed E-state index contributed by atoms with van der Waals surface area (Å²) in [4.78, 5) is 13.0. The van der Waals surface area contributed by atoms with Gasteiger partial charge in [0, 0.05) is 36.0 Å². The lowest BCUT2D eigenvalue weighted by atomic mass is 9.88. The second-order valence-electron chi connectivity index (χ2n) is 8.74. The van der Waals surface area contributed by atoms with Crippen molar-refractivity contribution < 1.29 is 18.3 Å². The van der Waals surface area contributed by atoms with Crippen LogP contribution in [0.25, 0.3) is 10.9 Å². The van der Waals surface area contributed by atoms with Crippen molar-refractivity contribution in [2.45, 2.75) is 25.4 Å². The monoisotopic (exact) mass is 482 g/mol. The molecule has 36 heavy (non-hydrogen) atoms. The summed E-state index contributed by atoms with van der Waals surface area (Å²) in [6.45, 7) is 0.993. The van der Waals surface area contributed by atoms with Gasteiger partial charge in [0.1, 0.15) is 17.3 Å². The third-order valence-electron chi connectivity index (χ3n) is 6.41. The first-order chi connectivity index (χ1) is 17.6. The normalized spacial score (nSPS) is 11.9. The van der Waals surface area contributed by atoms with Crippen molar-refractivity contribution in [1.82, 2.24) is 9.88 Å². The van der Waals surface area contributed by atoms with Crippen molar-refractivity contribution >= 4 is 16.8 Å². The van der Waals surface area contributed by atoms with Gasteiger partial charge in [-0.15, -0.1) is 0 Å². The summed E-state index contributed by atoms with van der Waals surface area (Å²) < 4.78 is 26.6. The number of ether oxygens (including phenoxy) is 1. The van der Waals surface area contributed by atoms with Gasteiger partial charge in [-0.05, 0) is 59.2 Å². The van der Waals surface area contributed by atoms with Crippen molar-refractivity contribution in [2.75, 3.05) is 7.11 Å². The molecule has 0 aliphatic carbocycles. The Morgan fingerprint density at radius 1 is 1.00 bits per heavy atom. The summed E-state index contributed by atoms with van der Waals surface area (Å²) in [6, 6.07) is 26.2. The molecule has 0 saturated heterocycles.